The molecule has 1 saturated carbocycles. The molecule has 0 saturated heterocycles. The van der Waals surface area contributed by atoms with E-state index < -0.39 is 0 Å². The van der Waals surface area contributed by atoms with Crippen LogP contribution < -0.4 is 5.73 Å². The first-order valence-corrected chi connectivity index (χ1v) is 6.64. The van der Waals surface area contributed by atoms with Crippen molar-refractivity contribution in [1.82, 2.24) is 0 Å². The minimum absolute atomic E-state index is 0.455. The summed E-state index contributed by atoms with van der Waals surface area (Å²) in [7, 11) is 0. The zero-order valence-corrected chi connectivity index (χ0v) is 9.91. The van der Waals surface area contributed by atoms with Gasteiger partial charge in [0.15, 0.2) is 0 Å². The van der Waals surface area contributed by atoms with Crippen molar-refractivity contribution < 1.29 is 0 Å². The molecule has 0 radical (unpaired) electrons. The van der Waals surface area contributed by atoms with Crippen LogP contribution in [0.15, 0.2) is 24.3 Å². The summed E-state index contributed by atoms with van der Waals surface area (Å²) in [4.78, 5) is 0. The zero-order chi connectivity index (χ0) is 11.0. The third-order valence-electron chi connectivity index (χ3n) is 4.86. The van der Waals surface area contributed by atoms with Gasteiger partial charge in [-0.25, -0.2) is 0 Å². The molecule has 1 fully saturated rings. The van der Waals surface area contributed by atoms with Crippen LogP contribution in [-0.2, 0) is 6.42 Å². The van der Waals surface area contributed by atoms with Gasteiger partial charge < -0.3 is 5.73 Å². The molecule has 16 heavy (non-hydrogen) atoms. The average molecular weight is 215 g/mol. The summed E-state index contributed by atoms with van der Waals surface area (Å²) in [5.41, 5.74) is 9.70. The van der Waals surface area contributed by atoms with Crippen LogP contribution in [-0.4, -0.2) is 6.54 Å². The molecule has 2 aliphatic rings. The fourth-order valence-electron chi connectivity index (χ4n) is 3.72. The summed E-state index contributed by atoms with van der Waals surface area (Å²) in [5.74, 6) is 0.746. The molecule has 0 aromatic heterocycles. The van der Waals surface area contributed by atoms with Gasteiger partial charge in [0, 0.05) is 0 Å². The number of nitrogens with two attached hydrogens (primary N) is 1. The van der Waals surface area contributed by atoms with Crippen molar-refractivity contribution in [3.05, 3.63) is 35.4 Å². The van der Waals surface area contributed by atoms with Crippen LogP contribution in [0.2, 0.25) is 0 Å². The van der Waals surface area contributed by atoms with E-state index in [-0.39, 0.29) is 0 Å². The van der Waals surface area contributed by atoms with Gasteiger partial charge in [-0.15, -0.1) is 0 Å². The van der Waals surface area contributed by atoms with Crippen molar-refractivity contribution in [1.29, 1.82) is 0 Å². The molecule has 1 atom stereocenters. The zero-order valence-electron chi connectivity index (χ0n) is 9.91. The van der Waals surface area contributed by atoms with E-state index in [2.05, 4.69) is 24.3 Å². The van der Waals surface area contributed by atoms with Gasteiger partial charge in [0.2, 0.25) is 0 Å². The SMILES string of the molecule is NCC1(C2CCCc3ccccc32)CCC1. The lowest BCUT2D eigenvalue weighted by Crippen LogP contribution is -2.43. The highest BCUT2D eigenvalue weighted by molar-refractivity contribution is 5.35. The lowest BCUT2D eigenvalue weighted by Gasteiger charge is -2.49. The summed E-state index contributed by atoms with van der Waals surface area (Å²) in [5, 5.41) is 0. The van der Waals surface area contributed by atoms with Gasteiger partial charge in [0.25, 0.3) is 0 Å². The molecule has 1 aromatic carbocycles. The molecule has 1 nitrogen and oxygen atoms in total. The van der Waals surface area contributed by atoms with Gasteiger partial charge >= 0.3 is 0 Å². The Kier molecular flexibility index (Phi) is 2.51. The quantitative estimate of drug-likeness (QED) is 0.805. The molecular weight excluding hydrogens is 194 g/mol. The van der Waals surface area contributed by atoms with E-state index in [1.807, 2.05) is 0 Å². The Morgan fingerprint density at radius 3 is 2.69 bits per heavy atom. The summed E-state index contributed by atoms with van der Waals surface area (Å²) < 4.78 is 0. The number of hydrogen-bond acceptors (Lipinski definition) is 1. The number of benzene rings is 1. The third-order valence-corrected chi connectivity index (χ3v) is 4.86. The van der Waals surface area contributed by atoms with Crippen LogP contribution in [0, 0.1) is 5.41 Å². The van der Waals surface area contributed by atoms with Crippen LogP contribution in [0.1, 0.15) is 49.1 Å². The second kappa shape index (κ2) is 3.89. The summed E-state index contributed by atoms with van der Waals surface area (Å²) >= 11 is 0. The van der Waals surface area contributed by atoms with Gasteiger partial charge in [0.1, 0.15) is 0 Å². The topological polar surface area (TPSA) is 26.0 Å². The Labute approximate surface area is 98.0 Å². The van der Waals surface area contributed by atoms with E-state index in [4.69, 9.17) is 5.73 Å². The Bertz CT molecular complexity index is 373. The van der Waals surface area contributed by atoms with Crippen LogP contribution in [0.5, 0.6) is 0 Å². The normalized spacial score (nSPS) is 26.9. The summed E-state index contributed by atoms with van der Waals surface area (Å²) in [6.45, 7) is 0.881. The third kappa shape index (κ3) is 1.41. The summed E-state index contributed by atoms with van der Waals surface area (Å²) in [6.07, 6.45) is 8.06. The Balaban J connectivity index is 1.98. The van der Waals surface area contributed by atoms with Gasteiger partial charge in [-0.3, -0.25) is 0 Å². The van der Waals surface area contributed by atoms with Crippen molar-refractivity contribution >= 4 is 0 Å². The molecule has 0 bridgehead atoms. The highest BCUT2D eigenvalue weighted by Gasteiger charge is 2.44. The fraction of sp³-hybridized carbons (Fsp3) is 0.600. The van der Waals surface area contributed by atoms with E-state index in [1.54, 1.807) is 11.1 Å². The average Bonchev–Trinajstić information content (AvgIpc) is 2.29. The first-order chi connectivity index (χ1) is 7.86. The molecule has 2 N–H and O–H groups in total. The lowest BCUT2D eigenvalue weighted by molar-refractivity contribution is 0.0923. The van der Waals surface area contributed by atoms with E-state index in [0.29, 0.717) is 5.41 Å². The largest absolute Gasteiger partial charge is 0.330 e. The molecule has 1 unspecified atom stereocenters. The van der Waals surface area contributed by atoms with Crippen LogP contribution >= 0.6 is 0 Å². The molecule has 1 heteroatoms. The van der Waals surface area contributed by atoms with Crippen LogP contribution in [0.4, 0.5) is 0 Å². The second-order valence-electron chi connectivity index (χ2n) is 5.56. The maximum Gasteiger partial charge on any atom is -0.00147 e. The monoisotopic (exact) mass is 215 g/mol. The van der Waals surface area contributed by atoms with Crippen molar-refractivity contribution in [2.75, 3.05) is 6.54 Å². The van der Waals surface area contributed by atoms with Crippen molar-refractivity contribution in [3.63, 3.8) is 0 Å². The van der Waals surface area contributed by atoms with Crippen LogP contribution in [0.25, 0.3) is 0 Å². The molecule has 2 aliphatic carbocycles. The fourth-order valence-corrected chi connectivity index (χ4v) is 3.72. The minimum Gasteiger partial charge on any atom is -0.330 e. The second-order valence-corrected chi connectivity index (χ2v) is 5.56. The molecule has 0 heterocycles. The number of rotatable bonds is 2. The molecule has 0 aliphatic heterocycles. The predicted molar refractivity (Wildman–Crippen MR) is 67.5 cm³/mol. The van der Waals surface area contributed by atoms with Gasteiger partial charge in [-0.1, -0.05) is 30.7 Å². The van der Waals surface area contributed by atoms with Gasteiger partial charge in [0.05, 0.1) is 0 Å². The molecule has 1 aromatic rings. The van der Waals surface area contributed by atoms with E-state index in [0.717, 1.165) is 12.5 Å². The first-order valence-electron chi connectivity index (χ1n) is 6.64. The molecule has 86 valence electrons. The maximum absolute atomic E-state index is 6.06. The number of hydrogen-bond donors (Lipinski definition) is 1. The smallest absolute Gasteiger partial charge is 0.00147 e. The summed E-state index contributed by atoms with van der Waals surface area (Å²) in [6, 6.07) is 9.02. The van der Waals surface area contributed by atoms with E-state index in [1.165, 1.54) is 38.5 Å². The van der Waals surface area contributed by atoms with Gasteiger partial charge in [-0.05, 0) is 61.1 Å². The number of aryl methyl sites for hydroxylation is 1. The predicted octanol–water partition coefficient (Wildman–Crippen LogP) is 3.24. The first kappa shape index (κ1) is 10.3. The van der Waals surface area contributed by atoms with Crippen molar-refractivity contribution in [2.45, 2.75) is 44.4 Å². The Hall–Kier alpha value is -0.820. The Morgan fingerprint density at radius 1 is 1.19 bits per heavy atom. The van der Waals surface area contributed by atoms with Crippen LogP contribution in [0.3, 0.4) is 0 Å². The van der Waals surface area contributed by atoms with Crippen molar-refractivity contribution in [3.8, 4) is 0 Å². The number of fused-ring (bicyclic) bond motifs is 1. The molecule has 3 rings (SSSR count). The maximum atomic E-state index is 6.06. The minimum atomic E-state index is 0.455. The molecule has 0 spiro atoms. The lowest BCUT2D eigenvalue weighted by atomic mass is 9.56. The highest BCUT2D eigenvalue weighted by atomic mass is 14.6. The highest BCUT2D eigenvalue weighted by Crippen LogP contribution is 2.54. The Morgan fingerprint density at radius 2 is 2.00 bits per heavy atom. The molecule has 0 amide bonds. The van der Waals surface area contributed by atoms with Crippen molar-refractivity contribution in [2.24, 2.45) is 11.1 Å². The standard InChI is InChI=1S/C15H21N/c16-11-15(9-4-10-15)14-8-3-6-12-5-1-2-7-13(12)14/h1-2,5,7,14H,3-4,6,8-11,16H2. The molecular formula is C15H21N. The van der Waals surface area contributed by atoms with E-state index >= 15 is 0 Å². The van der Waals surface area contributed by atoms with Gasteiger partial charge in [-0.2, -0.15) is 0 Å². The van der Waals surface area contributed by atoms with E-state index in [9.17, 15) is 0 Å².